The highest BCUT2D eigenvalue weighted by molar-refractivity contribution is 9.10. The molecule has 1 saturated heterocycles. The number of rotatable bonds is 4. The molecule has 3 aliphatic rings. The summed E-state index contributed by atoms with van der Waals surface area (Å²) < 4.78 is 0.918. The Morgan fingerprint density at radius 1 is 1.03 bits per heavy atom. The van der Waals surface area contributed by atoms with Crippen molar-refractivity contribution in [1.82, 2.24) is 4.90 Å². The molecule has 1 fully saturated rings. The molecule has 2 N–H and O–H groups in total. The minimum Gasteiger partial charge on any atom is -0.394 e. The second kappa shape index (κ2) is 7.65. The Hall–Kier alpha value is -2.64. The molecular weight excluding hydrogens is 432 g/mol. The Bertz CT molecular complexity index is 1040. The summed E-state index contributed by atoms with van der Waals surface area (Å²) in [4.78, 5) is 20.9. The first-order chi connectivity index (χ1) is 14.2. The average molecular weight is 453 g/mol. The molecule has 0 atom stereocenters. The van der Waals surface area contributed by atoms with Crippen LogP contribution in [0.15, 0.2) is 57.8 Å². The Kier molecular flexibility index (Phi) is 4.85. The average Bonchev–Trinajstić information content (AvgIpc) is 3.42. The smallest absolute Gasteiger partial charge is 0.258 e. The van der Waals surface area contributed by atoms with Gasteiger partial charge in [0.25, 0.3) is 5.91 Å². The summed E-state index contributed by atoms with van der Waals surface area (Å²) in [5.41, 5.74) is 5.44. The highest BCUT2D eigenvalue weighted by Gasteiger charge is 2.34. The van der Waals surface area contributed by atoms with E-state index in [0.29, 0.717) is 23.6 Å². The van der Waals surface area contributed by atoms with Crippen molar-refractivity contribution in [3.63, 3.8) is 0 Å². The minimum atomic E-state index is -0.141. The van der Waals surface area contributed by atoms with Crippen LogP contribution in [0.25, 0.3) is 5.57 Å². The molecule has 0 bridgehead atoms. The zero-order valence-electron chi connectivity index (χ0n) is 15.9. The van der Waals surface area contributed by atoms with Crippen molar-refractivity contribution in [2.24, 2.45) is 5.16 Å². The SMILES string of the molecule is O=C1Nc2ccc(Br)cc2/C1=C1/Nc2ccccc2/C1=N\OCCN1CCCC1. The Morgan fingerprint density at radius 3 is 2.69 bits per heavy atom. The lowest BCUT2D eigenvalue weighted by molar-refractivity contribution is -0.110. The number of fused-ring (bicyclic) bond motifs is 2. The monoisotopic (exact) mass is 452 g/mol. The maximum Gasteiger partial charge on any atom is 0.258 e. The van der Waals surface area contributed by atoms with E-state index in [4.69, 9.17) is 4.84 Å². The van der Waals surface area contributed by atoms with Gasteiger partial charge in [0, 0.05) is 33.5 Å². The van der Waals surface area contributed by atoms with Gasteiger partial charge in [0.05, 0.1) is 11.3 Å². The van der Waals surface area contributed by atoms with Gasteiger partial charge in [0.1, 0.15) is 12.3 Å². The van der Waals surface area contributed by atoms with Crippen LogP contribution in [0.3, 0.4) is 0 Å². The van der Waals surface area contributed by atoms with Crippen molar-refractivity contribution in [1.29, 1.82) is 0 Å². The number of hydrogen-bond acceptors (Lipinski definition) is 5. The van der Waals surface area contributed by atoms with Crippen LogP contribution in [-0.4, -0.2) is 42.8 Å². The van der Waals surface area contributed by atoms with Crippen LogP contribution in [0, 0.1) is 0 Å². The number of carbonyl (C=O) groups excluding carboxylic acids is 1. The van der Waals surface area contributed by atoms with Gasteiger partial charge in [-0.2, -0.15) is 0 Å². The molecule has 0 radical (unpaired) electrons. The molecule has 1 amide bonds. The van der Waals surface area contributed by atoms with Crippen molar-refractivity contribution in [2.45, 2.75) is 12.8 Å². The summed E-state index contributed by atoms with van der Waals surface area (Å²) >= 11 is 3.51. The third-order valence-corrected chi connectivity index (χ3v) is 6.00. The van der Waals surface area contributed by atoms with E-state index in [2.05, 4.69) is 36.6 Å². The van der Waals surface area contributed by atoms with E-state index in [1.165, 1.54) is 12.8 Å². The maximum atomic E-state index is 12.8. The highest BCUT2D eigenvalue weighted by atomic mass is 79.9. The van der Waals surface area contributed by atoms with E-state index < -0.39 is 0 Å². The molecule has 6 nitrogen and oxygen atoms in total. The van der Waals surface area contributed by atoms with Crippen LogP contribution in [0.4, 0.5) is 11.4 Å². The molecule has 0 spiro atoms. The van der Waals surface area contributed by atoms with Gasteiger partial charge in [0.2, 0.25) is 0 Å². The van der Waals surface area contributed by atoms with Crippen LogP contribution in [0.5, 0.6) is 0 Å². The van der Waals surface area contributed by atoms with Crippen molar-refractivity contribution in [3.05, 3.63) is 63.8 Å². The molecule has 2 aromatic carbocycles. The second-order valence-corrected chi connectivity index (χ2v) is 8.30. The fourth-order valence-electron chi connectivity index (χ4n) is 4.08. The summed E-state index contributed by atoms with van der Waals surface area (Å²) in [6.07, 6.45) is 2.51. The fraction of sp³-hybridized carbons (Fsp3) is 0.273. The van der Waals surface area contributed by atoms with Crippen LogP contribution in [-0.2, 0) is 9.63 Å². The molecule has 0 saturated carbocycles. The standard InChI is InChI=1S/C22H21BrN4O2/c23-14-7-8-18-16(13-14)19(22(28)25-18)21-20(15-5-1-2-6-17(15)24-21)26-29-12-11-27-9-3-4-10-27/h1-2,5-8,13,24H,3-4,9-12H2,(H,25,28)/b21-19-,26-20+. The van der Waals surface area contributed by atoms with E-state index in [1.54, 1.807) is 0 Å². The van der Waals surface area contributed by atoms with Gasteiger partial charge in [-0.1, -0.05) is 39.3 Å². The quantitative estimate of drug-likeness (QED) is 0.417. The van der Waals surface area contributed by atoms with Gasteiger partial charge in [-0.15, -0.1) is 0 Å². The molecule has 3 heterocycles. The van der Waals surface area contributed by atoms with Crippen molar-refractivity contribution < 1.29 is 9.63 Å². The predicted octanol–water partition coefficient (Wildman–Crippen LogP) is 4.05. The predicted molar refractivity (Wildman–Crippen MR) is 118 cm³/mol. The summed E-state index contributed by atoms with van der Waals surface area (Å²) in [6.45, 7) is 3.66. The first-order valence-electron chi connectivity index (χ1n) is 9.85. The number of para-hydroxylation sites is 1. The normalized spacial score (nSPS) is 21.8. The zero-order chi connectivity index (χ0) is 19.8. The Balaban J connectivity index is 1.50. The number of oxime groups is 1. The van der Waals surface area contributed by atoms with E-state index >= 15 is 0 Å². The molecule has 0 unspecified atom stereocenters. The third kappa shape index (κ3) is 3.45. The first-order valence-corrected chi connectivity index (χ1v) is 10.6. The number of hydrogen-bond donors (Lipinski definition) is 2. The van der Waals surface area contributed by atoms with Crippen LogP contribution >= 0.6 is 15.9 Å². The number of allylic oxidation sites excluding steroid dienone is 1. The number of halogens is 1. The van der Waals surface area contributed by atoms with E-state index in [0.717, 1.165) is 46.6 Å². The third-order valence-electron chi connectivity index (χ3n) is 5.51. The molecule has 148 valence electrons. The Labute approximate surface area is 177 Å². The van der Waals surface area contributed by atoms with Crippen molar-refractivity contribution >= 4 is 44.5 Å². The summed E-state index contributed by atoms with van der Waals surface area (Å²) in [5, 5.41) is 10.8. The van der Waals surface area contributed by atoms with Gasteiger partial charge in [-0.3, -0.25) is 9.69 Å². The van der Waals surface area contributed by atoms with Crippen LogP contribution in [0.1, 0.15) is 24.0 Å². The van der Waals surface area contributed by atoms with Crippen LogP contribution in [0.2, 0.25) is 0 Å². The minimum absolute atomic E-state index is 0.141. The molecule has 29 heavy (non-hydrogen) atoms. The number of nitrogens with one attached hydrogen (secondary N) is 2. The summed E-state index contributed by atoms with van der Waals surface area (Å²) in [7, 11) is 0. The molecule has 2 aromatic rings. The molecular formula is C22H21BrN4O2. The topological polar surface area (TPSA) is 66.0 Å². The van der Waals surface area contributed by atoms with Gasteiger partial charge in [-0.05, 0) is 50.2 Å². The lowest BCUT2D eigenvalue weighted by Crippen LogP contribution is -2.23. The number of anilines is 2. The van der Waals surface area contributed by atoms with Crippen molar-refractivity contribution in [2.75, 3.05) is 36.9 Å². The van der Waals surface area contributed by atoms with E-state index in [1.807, 2.05) is 42.5 Å². The number of carbonyl (C=O) groups is 1. The molecule has 0 aliphatic carbocycles. The number of likely N-dealkylation sites (tertiary alicyclic amines) is 1. The first kappa shape index (κ1) is 18.4. The van der Waals surface area contributed by atoms with E-state index in [9.17, 15) is 4.79 Å². The number of benzene rings is 2. The number of amides is 1. The summed E-state index contributed by atoms with van der Waals surface area (Å²) in [5.74, 6) is -0.141. The van der Waals surface area contributed by atoms with E-state index in [-0.39, 0.29) is 5.91 Å². The number of nitrogens with zero attached hydrogens (tertiary/aromatic N) is 2. The largest absolute Gasteiger partial charge is 0.394 e. The molecule has 0 aromatic heterocycles. The lowest BCUT2D eigenvalue weighted by atomic mass is 10.0. The molecule has 5 rings (SSSR count). The van der Waals surface area contributed by atoms with Crippen molar-refractivity contribution in [3.8, 4) is 0 Å². The lowest BCUT2D eigenvalue weighted by Gasteiger charge is -2.13. The maximum absolute atomic E-state index is 12.8. The zero-order valence-corrected chi connectivity index (χ0v) is 17.5. The second-order valence-electron chi connectivity index (χ2n) is 7.39. The fourth-order valence-corrected chi connectivity index (χ4v) is 4.44. The highest BCUT2D eigenvalue weighted by Crippen LogP contribution is 2.40. The van der Waals surface area contributed by atoms with Gasteiger partial charge >= 0.3 is 0 Å². The van der Waals surface area contributed by atoms with Gasteiger partial charge in [0.15, 0.2) is 0 Å². The molecule has 3 aliphatic heterocycles. The van der Waals surface area contributed by atoms with Gasteiger partial charge in [-0.25, -0.2) is 0 Å². The van der Waals surface area contributed by atoms with Gasteiger partial charge < -0.3 is 15.5 Å². The Morgan fingerprint density at radius 2 is 1.83 bits per heavy atom. The summed E-state index contributed by atoms with van der Waals surface area (Å²) in [6, 6.07) is 13.7. The molecule has 7 heteroatoms. The van der Waals surface area contributed by atoms with Crippen LogP contribution < -0.4 is 10.6 Å².